The number of fused-ring (bicyclic) bond motifs is 3. The zero-order valence-electron chi connectivity index (χ0n) is 26.7. The molecule has 6 nitrogen and oxygen atoms in total. The van der Waals surface area contributed by atoms with Crippen LogP contribution in [0.5, 0.6) is 0 Å². The van der Waals surface area contributed by atoms with Gasteiger partial charge in [-0.2, -0.15) is 0 Å². The lowest BCUT2D eigenvalue weighted by Crippen LogP contribution is -2.50. The largest absolute Gasteiger partial charge is 0.445 e. The lowest BCUT2D eigenvalue weighted by molar-refractivity contribution is -0.124. The van der Waals surface area contributed by atoms with Gasteiger partial charge in [-0.05, 0) is 36.5 Å². The van der Waals surface area contributed by atoms with Gasteiger partial charge in [-0.1, -0.05) is 138 Å². The zero-order valence-corrected chi connectivity index (χ0v) is 26.7. The quantitative estimate of drug-likeness (QED) is 0.106. The first-order chi connectivity index (χ1) is 21.6. The molecule has 0 radical (unpaired) electrons. The number of hydrogen-bond donors (Lipinski definition) is 2. The van der Waals surface area contributed by atoms with E-state index in [1.807, 2.05) is 44.2 Å². The number of nitrogens with zero attached hydrogens (tertiary/aromatic N) is 1. The Hall–Kier alpha value is -3.80. The number of amides is 2. The Bertz CT molecular complexity index is 1380. The highest BCUT2D eigenvalue weighted by Gasteiger charge is 2.26. The van der Waals surface area contributed by atoms with Crippen LogP contribution >= 0.6 is 0 Å². The van der Waals surface area contributed by atoms with Crippen LogP contribution in [-0.2, 0) is 22.7 Å². The Balaban J connectivity index is 1.02. The normalized spacial score (nSPS) is 12.7. The molecule has 0 aliphatic carbocycles. The summed E-state index contributed by atoms with van der Waals surface area (Å²) < 4.78 is 7.83. The fraction of sp³-hybridized carbons (Fsp3) is 0.474. The lowest BCUT2D eigenvalue weighted by atomic mass is 9.98. The summed E-state index contributed by atoms with van der Waals surface area (Å²) in [4.78, 5) is 25.2. The lowest BCUT2D eigenvalue weighted by Gasteiger charge is -2.23. The van der Waals surface area contributed by atoms with Gasteiger partial charge in [0, 0.05) is 34.9 Å². The van der Waals surface area contributed by atoms with E-state index in [4.69, 9.17) is 4.74 Å². The first-order valence-electron chi connectivity index (χ1n) is 16.8. The number of aromatic nitrogens is 1. The van der Waals surface area contributed by atoms with Gasteiger partial charge in [0.15, 0.2) is 0 Å². The van der Waals surface area contributed by atoms with E-state index in [0.717, 1.165) is 31.4 Å². The Morgan fingerprint density at radius 2 is 1.23 bits per heavy atom. The molecular formula is C38H51N3O3. The summed E-state index contributed by atoms with van der Waals surface area (Å²) in [6.45, 7) is 5.91. The highest BCUT2D eigenvalue weighted by Crippen LogP contribution is 2.29. The van der Waals surface area contributed by atoms with Gasteiger partial charge in [-0.25, -0.2) is 4.79 Å². The predicted molar refractivity (Wildman–Crippen MR) is 182 cm³/mol. The molecule has 44 heavy (non-hydrogen) atoms. The SMILES string of the molecule is CCC(C)C(NC(=O)OCc1ccccc1)C(=O)NCCCCCCCCCCCCn1c2ccccc2c2ccccc21. The van der Waals surface area contributed by atoms with Crippen LogP contribution in [0.15, 0.2) is 78.9 Å². The molecule has 0 saturated heterocycles. The number of carbonyl (C=O) groups excluding carboxylic acids is 2. The van der Waals surface area contributed by atoms with Crippen molar-refractivity contribution in [2.75, 3.05) is 6.54 Å². The van der Waals surface area contributed by atoms with Crippen molar-refractivity contribution in [3.05, 3.63) is 84.4 Å². The molecule has 0 bridgehead atoms. The second kappa shape index (κ2) is 18.1. The van der Waals surface area contributed by atoms with Crippen molar-refractivity contribution in [1.29, 1.82) is 0 Å². The third-order valence-electron chi connectivity index (χ3n) is 8.77. The number of para-hydroxylation sites is 2. The fourth-order valence-electron chi connectivity index (χ4n) is 5.97. The minimum atomic E-state index is -0.592. The molecule has 236 valence electrons. The molecule has 1 aromatic heterocycles. The van der Waals surface area contributed by atoms with Crippen molar-refractivity contribution < 1.29 is 14.3 Å². The smallest absolute Gasteiger partial charge is 0.408 e. The van der Waals surface area contributed by atoms with Crippen LogP contribution in [0.2, 0.25) is 0 Å². The summed E-state index contributed by atoms with van der Waals surface area (Å²) in [5.74, 6) is -0.109. The van der Waals surface area contributed by atoms with Crippen LogP contribution < -0.4 is 10.6 Å². The Kier molecular flexibility index (Phi) is 13.6. The van der Waals surface area contributed by atoms with E-state index in [0.29, 0.717) is 6.54 Å². The minimum Gasteiger partial charge on any atom is -0.445 e. The van der Waals surface area contributed by atoms with Gasteiger partial charge in [0.25, 0.3) is 0 Å². The molecule has 6 heteroatoms. The minimum absolute atomic E-state index is 0.0212. The Labute approximate surface area is 263 Å². The molecule has 1 heterocycles. The molecule has 2 amide bonds. The number of nitrogens with one attached hydrogen (secondary N) is 2. The number of rotatable bonds is 19. The van der Waals surface area contributed by atoms with E-state index in [-0.39, 0.29) is 18.4 Å². The molecule has 0 aliphatic rings. The van der Waals surface area contributed by atoms with Gasteiger partial charge in [0.1, 0.15) is 12.6 Å². The Morgan fingerprint density at radius 1 is 0.705 bits per heavy atom. The number of carbonyl (C=O) groups is 2. The van der Waals surface area contributed by atoms with E-state index >= 15 is 0 Å². The maximum absolute atomic E-state index is 12.8. The van der Waals surface area contributed by atoms with Gasteiger partial charge >= 0.3 is 6.09 Å². The van der Waals surface area contributed by atoms with Gasteiger partial charge < -0.3 is 19.9 Å². The van der Waals surface area contributed by atoms with E-state index in [1.165, 1.54) is 73.2 Å². The number of alkyl carbamates (subject to hydrolysis) is 1. The molecule has 3 aromatic carbocycles. The number of unbranched alkanes of at least 4 members (excludes halogenated alkanes) is 9. The van der Waals surface area contributed by atoms with E-state index in [1.54, 1.807) is 0 Å². The zero-order chi connectivity index (χ0) is 31.0. The fourth-order valence-corrected chi connectivity index (χ4v) is 5.97. The average Bonchev–Trinajstić information content (AvgIpc) is 3.38. The first-order valence-corrected chi connectivity index (χ1v) is 16.8. The molecule has 4 aromatic rings. The third-order valence-corrected chi connectivity index (χ3v) is 8.77. The predicted octanol–water partition coefficient (Wildman–Crippen LogP) is 9.15. The van der Waals surface area contributed by atoms with E-state index in [2.05, 4.69) is 63.7 Å². The number of aryl methyl sites for hydroxylation is 1. The molecule has 0 fully saturated rings. The Morgan fingerprint density at radius 3 is 1.82 bits per heavy atom. The van der Waals surface area contributed by atoms with Crippen LogP contribution in [-0.4, -0.2) is 29.2 Å². The van der Waals surface area contributed by atoms with Crippen molar-refractivity contribution in [1.82, 2.24) is 15.2 Å². The monoisotopic (exact) mass is 597 g/mol. The second-order valence-electron chi connectivity index (χ2n) is 12.1. The third kappa shape index (κ3) is 9.87. The van der Waals surface area contributed by atoms with Crippen LogP contribution in [0.1, 0.15) is 90.0 Å². The van der Waals surface area contributed by atoms with Gasteiger partial charge in [-0.3, -0.25) is 4.79 Å². The molecule has 0 spiro atoms. The van der Waals surface area contributed by atoms with Crippen LogP contribution in [0.4, 0.5) is 4.79 Å². The van der Waals surface area contributed by atoms with Gasteiger partial charge in [0.05, 0.1) is 0 Å². The van der Waals surface area contributed by atoms with Crippen molar-refractivity contribution in [2.45, 2.75) is 104 Å². The summed E-state index contributed by atoms with van der Waals surface area (Å²) >= 11 is 0. The molecule has 0 aliphatic heterocycles. The molecule has 2 N–H and O–H groups in total. The van der Waals surface area contributed by atoms with Crippen LogP contribution in [0.25, 0.3) is 21.8 Å². The topological polar surface area (TPSA) is 72.4 Å². The van der Waals surface area contributed by atoms with Crippen molar-refractivity contribution in [3.8, 4) is 0 Å². The van der Waals surface area contributed by atoms with E-state index < -0.39 is 12.1 Å². The maximum atomic E-state index is 12.8. The summed E-state index contributed by atoms with van der Waals surface area (Å²) in [7, 11) is 0. The highest BCUT2D eigenvalue weighted by molar-refractivity contribution is 6.07. The number of hydrogen-bond acceptors (Lipinski definition) is 3. The number of benzene rings is 3. The summed E-state index contributed by atoms with van der Waals surface area (Å²) in [5.41, 5.74) is 3.61. The molecule has 0 saturated carbocycles. The van der Waals surface area contributed by atoms with Crippen LogP contribution in [0.3, 0.4) is 0 Å². The van der Waals surface area contributed by atoms with Crippen LogP contribution in [0, 0.1) is 5.92 Å². The number of ether oxygens (including phenoxy) is 1. The van der Waals surface area contributed by atoms with Crippen molar-refractivity contribution in [3.63, 3.8) is 0 Å². The van der Waals surface area contributed by atoms with Gasteiger partial charge in [0.2, 0.25) is 5.91 Å². The molecule has 4 rings (SSSR count). The van der Waals surface area contributed by atoms with E-state index in [9.17, 15) is 9.59 Å². The average molecular weight is 598 g/mol. The van der Waals surface area contributed by atoms with Gasteiger partial charge in [-0.15, -0.1) is 0 Å². The highest BCUT2D eigenvalue weighted by atomic mass is 16.5. The molecular weight excluding hydrogens is 546 g/mol. The first kappa shape index (κ1) is 33.1. The molecule has 2 atom stereocenters. The molecule has 2 unspecified atom stereocenters. The maximum Gasteiger partial charge on any atom is 0.408 e. The summed E-state index contributed by atoms with van der Waals surface area (Å²) in [6, 6.07) is 26.5. The summed E-state index contributed by atoms with van der Waals surface area (Å²) in [6.07, 6.45) is 12.4. The standard InChI is InChI=1S/C38H51N3O3/c1-3-30(2)36(40-38(43)44-29-31-21-13-12-14-22-31)37(42)39-27-19-10-8-6-4-5-7-9-11-20-28-41-34-25-17-15-23-32(34)33-24-16-18-26-35(33)41/h12-18,21-26,30,36H,3-11,19-20,27-29H2,1-2H3,(H,39,42)(H,40,43). The van der Waals surface area contributed by atoms with Crippen molar-refractivity contribution >= 4 is 33.8 Å². The second-order valence-corrected chi connectivity index (χ2v) is 12.1. The van der Waals surface area contributed by atoms with Crippen molar-refractivity contribution in [2.24, 2.45) is 5.92 Å². The summed E-state index contributed by atoms with van der Waals surface area (Å²) in [5, 5.41) is 8.52.